The van der Waals surface area contributed by atoms with Crippen LogP contribution in [0.5, 0.6) is 5.75 Å². The van der Waals surface area contributed by atoms with Crippen LogP contribution in [0.3, 0.4) is 0 Å². The highest BCUT2D eigenvalue weighted by Crippen LogP contribution is 2.23. The van der Waals surface area contributed by atoms with Gasteiger partial charge in [0.25, 0.3) is 0 Å². The highest BCUT2D eigenvalue weighted by atomic mass is 32.2. The van der Waals surface area contributed by atoms with Gasteiger partial charge in [-0.1, -0.05) is 6.07 Å². The first-order valence-corrected chi connectivity index (χ1v) is 9.51. The van der Waals surface area contributed by atoms with Gasteiger partial charge in [-0.05, 0) is 31.2 Å². The maximum absolute atomic E-state index is 13.6. The number of carbonyl (C=O) groups is 1. The van der Waals surface area contributed by atoms with Gasteiger partial charge in [0.05, 0.1) is 24.2 Å². The molecule has 1 amide bonds. The van der Waals surface area contributed by atoms with E-state index in [2.05, 4.69) is 5.32 Å². The van der Waals surface area contributed by atoms with Crippen LogP contribution in [-0.4, -0.2) is 33.7 Å². The number of nitrogens with one attached hydrogen (secondary N) is 1. The summed E-state index contributed by atoms with van der Waals surface area (Å²) >= 11 is 0. The summed E-state index contributed by atoms with van der Waals surface area (Å²) in [5, 5.41) is 2.23. The molecule has 0 aliphatic heterocycles. The lowest BCUT2D eigenvalue weighted by atomic mass is 10.3. The van der Waals surface area contributed by atoms with Crippen molar-refractivity contribution in [3.8, 4) is 5.75 Å². The van der Waals surface area contributed by atoms with E-state index in [1.165, 1.54) is 12.1 Å². The third-order valence-electron chi connectivity index (χ3n) is 3.31. The first-order chi connectivity index (χ1) is 12.2. The summed E-state index contributed by atoms with van der Waals surface area (Å²) in [4.78, 5) is 12.2. The highest BCUT2D eigenvalue weighted by molar-refractivity contribution is 7.92. The summed E-state index contributed by atoms with van der Waals surface area (Å²) in [5.41, 5.74) is -0.0129. The molecule has 0 heterocycles. The third-order valence-corrected chi connectivity index (χ3v) is 4.45. The molecule has 0 unspecified atom stereocenters. The second kappa shape index (κ2) is 8.13. The van der Waals surface area contributed by atoms with E-state index < -0.39 is 34.1 Å². The summed E-state index contributed by atoms with van der Waals surface area (Å²) in [6.07, 6.45) is 0.951. The fraction of sp³-hybridized carbons (Fsp3) is 0.235. The van der Waals surface area contributed by atoms with Crippen LogP contribution in [0.1, 0.15) is 6.92 Å². The molecule has 0 atom stereocenters. The average molecular weight is 384 g/mol. The van der Waals surface area contributed by atoms with Gasteiger partial charge in [-0.25, -0.2) is 17.2 Å². The van der Waals surface area contributed by atoms with Gasteiger partial charge in [0.2, 0.25) is 15.9 Å². The summed E-state index contributed by atoms with van der Waals surface area (Å²) in [6.45, 7) is 1.60. The van der Waals surface area contributed by atoms with Crippen LogP contribution in [0.15, 0.2) is 42.5 Å². The van der Waals surface area contributed by atoms with Gasteiger partial charge in [0, 0.05) is 12.1 Å². The minimum absolute atomic E-state index is 0.230. The molecule has 9 heteroatoms. The monoisotopic (exact) mass is 384 g/mol. The van der Waals surface area contributed by atoms with Gasteiger partial charge < -0.3 is 10.1 Å². The molecule has 1 N–H and O–H groups in total. The zero-order chi connectivity index (χ0) is 19.3. The van der Waals surface area contributed by atoms with E-state index in [4.69, 9.17) is 4.74 Å². The number of sulfonamides is 1. The topological polar surface area (TPSA) is 75.7 Å². The van der Waals surface area contributed by atoms with E-state index in [0.717, 1.165) is 22.7 Å². The largest absolute Gasteiger partial charge is 0.494 e. The highest BCUT2D eigenvalue weighted by Gasteiger charge is 2.22. The molecule has 0 aromatic heterocycles. The van der Waals surface area contributed by atoms with Crippen molar-refractivity contribution in [1.29, 1.82) is 0 Å². The number of hydrogen-bond donors (Lipinski definition) is 1. The predicted octanol–water partition coefficient (Wildman–Crippen LogP) is 2.77. The molecule has 2 aromatic carbocycles. The Morgan fingerprint density at radius 3 is 2.54 bits per heavy atom. The molecule has 0 saturated heterocycles. The first kappa shape index (κ1) is 19.6. The van der Waals surface area contributed by atoms with Crippen molar-refractivity contribution in [3.63, 3.8) is 0 Å². The smallest absolute Gasteiger partial charge is 0.245 e. The molecule has 140 valence electrons. The molecule has 6 nitrogen and oxygen atoms in total. The van der Waals surface area contributed by atoms with Crippen LogP contribution < -0.4 is 14.4 Å². The van der Waals surface area contributed by atoms with Crippen molar-refractivity contribution in [2.24, 2.45) is 0 Å². The Kier molecular flexibility index (Phi) is 6.14. The van der Waals surface area contributed by atoms with Crippen LogP contribution in [0.25, 0.3) is 0 Å². The van der Waals surface area contributed by atoms with Crippen LogP contribution in [-0.2, 0) is 14.8 Å². The van der Waals surface area contributed by atoms with Crippen molar-refractivity contribution >= 4 is 27.3 Å². The Balaban J connectivity index is 2.23. The van der Waals surface area contributed by atoms with E-state index in [1.54, 1.807) is 19.1 Å². The normalized spacial score (nSPS) is 11.1. The number of carbonyl (C=O) groups excluding carboxylic acids is 1. The van der Waals surface area contributed by atoms with Crippen LogP contribution >= 0.6 is 0 Å². The summed E-state index contributed by atoms with van der Waals surface area (Å²) < 4.78 is 56.9. The molecule has 0 aliphatic carbocycles. The van der Waals surface area contributed by atoms with Gasteiger partial charge >= 0.3 is 0 Å². The zero-order valence-corrected chi connectivity index (χ0v) is 15.0. The molecule has 0 bridgehead atoms. The lowest BCUT2D eigenvalue weighted by Crippen LogP contribution is -2.37. The maximum atomic E-state index is 13.6. The molecule has 0 fully saturated rings. The number of hydrogen-bond acceptors (Lipinski definition) is 4. The Labute approximate surface area is 150 Å². The van der Waals surface area contributed by atoms with E-state index in [0.29, 0.717) is 18.4 Å². The Morgan fingerprint density at radius 2 is 1.92 bits per heavy atom. The van der Waals surface area contributed by atoms with Crippen molar-refractivity contribution in [2.75, 3.05) is 29.0 Å². The lowest BCUT2D eigenvalue weighted by molar-refractivity contribution is -0.114. The third kappa shape index (κ3) is 5.16. The summed E-state index contributed by atoms with van der Waals surface area (Å²) in [5.74, 6) is -2.07. The minimum Gasteiger partial charge on any atom is -0.494 e. The standard InChI is InChI=1S/C17H18F2N2O4S/c1-3-25-14-6-4-5-13(10-14)21(26(2,23)24)11-17(22)20-16-8-7-12(18)9-15(16)19/h4-10H,3,11H2,1-2H3,(H,20,22). The number of rotatable bonds is 7. The van der Waals surface area contributed by atoms with Gasteiger partial charge in [0.1, 0.15) is 23.9 Å². The molecule has 0 aliphatic rings. The van der Waals surface area contributed by atoms with Crippen molar-refractivity contribution in [2.45, 2.75) is 6.92 Å². The number of halogens is 2. The van der Waals surface area contributed by atoms with Gasteiger partial charge in [-0.2, -0.15) is 0 Å². The second-order valence-electron chi connectivity index (χ2n) is 5.37. The Morgan fingerprint density at radius 1 is 1.19 bits per heavy atom. The molecule has 0 saturated carbocycles. The minimum atomic E-state index is -3.79. The van der Waals surface area contributed by atoms with Crippen molar-refractivity contribution < 1.29 is 26.7 Å². The Bertz CT molecular complexity index is 903. The van der Waals surface area contributed by atoms with Gasteiger partial charge in [-0.3, -0.25) is 9.10 Å². The van der Waals surface area contributed by atoms with Crippen molar-refractivity contribution in [1.82, 2.24) is 0 Å². The molecule has 26 heavy (non-hydrogen) atoms. The second-order valence-corrected chi connectivity index (χ2v) is 7.28. The predicted molar refractivity (Wildman–Crippen MR) is 94.8 cm³/mol. The molecule has 2 aromatic rings. The number of ether oxygens (including phenoxy) is 1. The first-order valence-electron chi connectivity index (χ1n) is 7.66. The maximum Gasteiger partial charge on any atom is 0.245 e. The van der Waals surface area contributed by atoms with Gasteiger partial charge in [-0.15, -0.1) is 0 Å². The number of anilines is 2. The Hall–Kier alpha value is -2.68. The van der Waals surface area contributed by atoms with Crippen molar-refractivity contribution in [3.05, 3.63) is 54.1 Å². The van der Waals surface area contributed by atoms with E-state index in [-0.39, 0.29) is 11.4 Å². The quantitative estimate of drug-likeness (QED) is 0.797. The zero-order valence-electron chi connectivity index (χ0n) is 14.2. The van der Waals surface area contributed by atoms with Crippen LogP contribution in [0.4, 0.5) is 20.2 Å². The number of amides is 1. The van der Waals surface area contributed by atoms with Gasteiger partial charge in [0.15, 0.2) is 0 Å². The SMILES string of the molecule is CCOc1cccc(N(CC(=O)Nc2ccc(F)cc2F)S(C)(=O)=O)c1. The van der Waals surface area contributed by atoms with Crippen LogP contribution in [0.2, 0.25) is 0 Å². The molecule has 0 spiro atoms. The fourth-order valence-corrected chi connectivity index (χ4v) is 3.05. The summed E-state index contributed by atoms with van der Waals surface area (Å²) in [6, 6.07) is 8.90. The number of nitrogens with zero attached hydrogens (tertiary/aromatic N) is 1. The fourth-order valence-electron chi connectivity index (χ4n) is 2.21. The molecule has 0 radical (unpaired) electrons. The molecular weight excluding hydrogens is 366 g/mol. The van der Waals surface area contributed by atoms with E-state index >= 15 is 0 Å². The lowest BCUT2D eigenvalue weighted by Gasteiger charge is -2.22. The average Bonchev–Trinajstić information content (AvgIpc) is 2.55. The molecule has 2 rings (SSSR count). The van der Waals surface area contributed by atoms with Crippen LogP contribution in [0, 0.1) is 11.6 Å². The van der Waals surface area contributed by atoms with E-state index in [9.17, 15) is 22.0 Å². The summed E-state index contributed by atoms with van der Waals surface area (Å²) in [7, 11) is -3.79. The molecular formula is C17H18F2N2O4S. The van der Waals surface area contributed by atoms with E-state index in [1.807, 2.05) is 0 Å². The number of benzene rings is 2.